The third-order valence-corrected chi connectivity index (χ3v) is 6.12. The summed E-state index contributed by atoms with van der Waals surface area (Å²) >= 11 is 0. The number of hydrogen-bond donors (Lipinski definition) is 1. The number of methoxy groups -OCH3 is 3. The van der Waals surface area contributed by atoms with E-state index in [4.69, 9.17) is 23.9 Å². The van der Waals surface area contributed by atoms with Crippen molar-refractivity contribution in [2.45, 2.75) is 6.61 Å². The van der Waals surface area contributed by atoms with Crippen LogP contribution >= 0.6 is 0 Å². The molecular formula is C31H28N2O4. The zero-order valence-corrected chi connectivity index (χ0v) is 21.0. The normalized spacial score (nSPS) is 10.7. The van der Waals surface area contributed by atoms with Gasteiger partial charge in [-0.05, 0) is 72.3 Å². The Hall–Kier alpha value is -4.71. The van der Waals surface area contributed by atoms with E-state index in [1.54, 1.807) is 21.3 Å². The molecule has 0 radical (unpaired) electrons. The number of ether oxygens (including phenoxy) is 4. The van der Waals surface area contributed by atoms with Crippen LogP contribution in [0.5, 0.6) is 23.0 Å². The minimum absolute atomic E-state index is 0.459. The van der Waals surface area contributed by atoms with Gasteiger partial charge in [-0.2, -0.15) is 0 Å². The molecule has 0 saturated carbocycles. The van der Waals surface area contributed by atoms with Crippen molar-refractivity contribution in [3.63, 3.8) is 0 Å². The Morgan fingerprint density at radius 3 is 1.86 bits per heavy atom. The molecule has 0 fully saturated rings. The monoisotopic (exact) mass is 492 g/mol. The van der Waals surface area contributed by atoms with Crippen LogP contribution in [0.4, 0.5) is 0 Å². The maximum absolute atomic E-state index is 6.04. The van der Waals surface area contributed by atoms with Crippen molar-refractivity contribution in [3.05, 3.63) is 103 Å². The quantitative estimate of drug-likeness (QED) is 0.240. The molecule has 4 aromatic carbocycles. The maximum atomic E-state index is 6.04. The average Bonchev–Trinajstić information content (AvgIpc) is 3.42. The summed E-state index contributed by atoms with van der Waals surface area (Å²) < 4.78 is 22.4. The second-order valence-electron chi connectivity index (χ2n) is 8.41. The van der Waals surface area contributed by atoms with Crippen LogP contribution in [0, 0.1) is 0 Å². The molecule has 5 rings (SSSR count). The minimum atomic E-state index is 0.459. The Kier molecular flexibility index (Phi) is 7.08. The molecule has 186 valence electrons. The molecule has 0 unspecified atom stereocenters. The molecule has 1 N–H and O–H groups in total. The largest absolute Gasteiger partial charge is 0.497 e. The van der Waals surface area contributed by atoms with Gasteiger partial charge in [-0.15, -0.1) is 0 Å². The molecular weight excluding hydrogens is 464 g/mol. The number of hydrogen-bond acceptors (Lipinski definition) is 5. The Balaban J connectivity index is 1.51. The highest BCUT2D eigenvalue weighted by molar-refractivity contribution is 5.82. The molecule has 0 aliphatic carbocycles. The zero-order valence-electron chi connectivity index (χ0n) is 21.0. The Labute approximate surface area is 216 Å². The van der Waals surface area contributed by atoms with Gasteiger partial charge in [0.2, 0.25) is 0 Å². The van der Waals surface area contributed by atoms with Gasteiger partial charge < -0.3 is 23.9 Å². The van der Waals surface area contributed by atoms with E-state index in [0.29, 0.717) is 18.1 Å². The van der Waals surface area contributed by atoms with Crippen LogP contribution in [0.25, 0.3) is 33.9 Å². The highest BCUT2D eigenvalue weighted by atomic mass is 16.5. The smallest absolute Gasteiger partial charge is 0.161 e. The summed E-state index contributed by atoms with van der Waals surface area (Å²) in [6, 6.07) is 31.7. The second kappa shape index (κ2) is 10.9. The number of imidazole rings is 1. The van der Waals surface area contributed by atoms with E-state index >= 15 is 0 Å². The first-order valence-electron chi connectivity index (χ1n) is 11.9. The number of aromatic nitrogens is 2. The highest BCUT2D eigenvalue weighted by Gasteiger charge is 2.17. The molecule has 6 nitrogen and oxygen atoms in total. The van der Waals surface area contributed by atoms with Crippen molar-refractivity contribution in [1.29, 1.82) is 0 Å². The Bertz CT molecular complexity index is 1400. The van der Waals surface area contributed by atoms with Gasteiger partial charge in [-0.25, -0.2) is 4.98 Å². The lowest BCUT2D eigenvalue weighted by Gasteiger charge is -2.12. The predicted molar refractivity (Wildman–Crippen MR) is 145 cm³/mol. The zero-order chi connectivity index (χ0) is 25.6. The first-order valence-corrected chi connectivity index (χ1v) is 11.9. The van der Waals surface area contributed by atoms with Crippen LogP contribution in [-0.2, 0) is 6.61 Å². The first kappa shape index (κ1) is 24.0. The lowest BCUT2D eigenvalue weighted by atomic mass is 10.0. The molecule has 37 heavy (non-hydrogen) atoms. The summed E-state index contributed by atoms with van der Waals surface area (Å²) in [7, 11) is 4.96. The number of benzene rings is 4. The fourth-order valence-corrected chi connectivity index (χ4v) is 4.10. The summed E-state index contributed by atoms with van der Waals surface area (Å²) in [6.45, 7) is 0.459. The number of H-pyrrole nitrogens is 1. The van der Waals surface area contributed by atoms with Gasteiger partial charge in [0.15, 0.2) is 11.5 Å². The van der Waals surface area contributed by atoms with E-state index in [0.717, 1.165) is 51.0 Å². The molecule has 1 heterocycles. The van der Waals surface area contributed by atoms with Crippen molar-refractivity contribution in [3.8, 4) is 56.9 Å². The van der Waals surface area contributed by atoms with Crippen molar-refractivity contribution < 1.29 is 18.9 Å². The van der Waals surface area contributed by atoms with Crippen LogP contribution in [-0.4, -0.2) is 31.3 Å². The van der Waals surface area contributed by atoms with E-state index < -0.39 is 0 Å². The number of rotatable bonds is 9. The third-order valence-electron chi connectivity index (χ3n) is 6.12. The summed E-state index contributed by atoms with van der Waals surface area (Å²) in [5.74, 6) is 3.63. The number of aromatic amines is 1. The van der Waals surface area contributed by atoms with E-state index in [9.17, 15) is 0 Å². The number of nitrogens with one attached hydrogen (secondary N) is 1. The van der Waals surface area contributed by atoms with Crippen molar-refractivity contribution >= 4 is 0 Å². The topological polar surface area (TPSA) is 65.6 Å². The van der Waals surface area contributed by atoms with Gasteiger partial charge in [0, 0.05) is 16.7 Å². The van der Waals surface area contributed by atoms with Crippen LogP contribution in [0.3, 0.4) is 0 Å². The van der Waals surface area contributed by atoms with Crippen molar-refractivity contribution in [1.82, 2.24) is 9.97 Å². The van der Waals surface area contributed by atoms with Gasteiger partial charge in [0.25, 0.3) is 0 Å². The molecule has 5 aromatic rings. The van der Waals surface area contributed by atoms with Gasteiger partial charge in [-0.3, -0.25) is 0 Å². The Morgan fingerprint density at radius 1 is 0.622 bits per heavy atom. The van der Waals surface area contributed by atoms with Crippen molar-refractivity contribution in [2.75, 3.05) is 21.3 Å². The first-order chi connectivity index (χ1) is 18.2. The molecule has 0 aliphatic rings. The molecule has 0 amide bonds. The SMILES string of the molecule is COc1ccc(-c2nc(-c3ccc(OCc4ccccc4)c(OC)c3)[nH]c2-c2ccc(OC)cc2)cc1. The van der Waals surface area contributed by atoms with Crippen LogP contribution in [0.1, 0.15) is 5.56 Å². The van der Waals surface area contributed by atoms with Crippen LogP contribution in [0.2, 0.25) is 0 Å². The van der Waals surface area contributed by atoms with Gasteiger partial charge in [-0.1, -0.05) is 30.3 Å². The molecule has 0 bridgehead atoms. The summed E-state index contributed by atoms with van der Waals surface area (Å²) in [4.78, 5) is 8.53. The van der Waals surface area contributed by atoms with Gasteiger partial charge in [0.05, 0.1) is 32.7 Å². The van der Waals surface area contributed by atoms with E-state index in [1.807, 2.05) is 97.1 Å². The van der Waals surface area contributed by atoms with Gasteiger partial charge in [0.1, 0.15) is 23.9 Å². The predicted octanol–water partition coefficient (Wildman–Crippen LogP) is 7.02. The van der Waals surface area contributed by atoms with Gasteiger partial charge >= 0.3 is 0 Å². The second-order valence-corrected chi connectivity index (χ2v) is 8.41. The van der Waals surface area contributed by atoms with Crippen molar-refractivity contribution in [2.24, 2.45) is 0 Å². The number of nitrogens with zero attached hydrogens (tertiary/aromatic N) is 1. The average molecular weight is 493 g/mol. The molecule has 0 aliphatic heterocycles. The van der Waals surface area contributed by atoms with Crippen LogP contribution < -0.4 is 18.9 Å². The fraction of sp³-hybridized carbons (Fsp3) is 0.129. The molecule has 1 aromatic heterocycles. The summed E-state index contributed by atoms with van der Waals surface area (Å²) in [5, 5.41) is 0. The lowest BCUT2D eigenvalue weighted by Crippen LogP contribution is -1.98. The molecule has 0 atom stereocenters. The lowest BCUT2D eigenvalue weighted by molar-refractivity contribution is 0.284. The fourth-order valence-electron chi connectivity index (χ4n) is 4.10. The summed E-state index contributed by atoms with van der Waals surface area (Å²) in [6.07, 6.45) is 0. The van der Waals surface area contributed by atoms with E-state index in [-0.39, 0.29) is 0 Å². The summed E-state index contributed by atoms with van der Waals surface area (Å²) in [5.41, 5.74) is 5.70. The molecule has 6 heteroatoms. The minimum Gasteiger partial charge on any atom is -0.497 e. The molecule has 0 spiro atoms. The van der Waals surface area contributed by atoms with E-state index in [1.165, 1.54) is 0 Å². The standard InChI is InChI=1S/C31H28N2O4/c1-34-25-14-9-22(10-15-25)29-30(23-11-16-26(35-2)17-12-23)33-31(32-29)24-13-18-27(28(19-24)36-3)37-20-21-7-5-4-6-8-21/h4-19H,20H2,1-3H3,(H,32,33). The maximum Gasteiger partial charge on any atom is 0.161 e. The Morgan fingerprint density at radius 2 is 1.24 bits per heavy atom. The van der Waals surface area contributed by atoms with Crippen LogP contribution in [0.15, 0.2) is 97.1 Å². The van der Waals surface area contributed by atoms with E-state index in [2.05, 4.69) is 4.98 Å². The highest BCUT2D eigenvalue weighted by Crippen LogP contribution is 2.37. The molecule has 0 saturated heterocycles. The third kappa shape index (κ3) is 5.28.